The normalized spacial score (nSPS) is 13.4. The summed E-state index contributed by atoms with van der Waals surface area (Å²) < 4.78 is 53.2. The Kier molecular flexibility index (Phi) is 5.21. The number of imidazole rings is 1. The van der Waals surface area contributed by atoms with E-state index < -0.39 is 28.0 Å². The third-order valence-corrected chi connectivity index (χ3v) is 5.94. The van der Waals surface area contributed by atoms with E-state index in [1.54, 1.807) is 33.9 Å². The molecule has 29 heavy (non-hydrogen) atoms. The van der Waals surface area contributed by atoms with Crippen LogP contribution in [0, 0.1) is 11.3 Å². The van der Waals surface area contributed by atoms with Gasteiger partial charge in [-0.15, -0.1) is 0 Å². The van der Waals surface area contributed by atoms with Crippen molar-refractivity contribution in [3.63, 3.8) is 0 Å². The van der Waals surface area contributed by atoms with Crippen LogP contribution < -0.4 is 0 Å². The number of hydrogen-bond donors (Lipinski definition) is 0. The van der Waals surface area contributed by atoms with Crippen molar-refractivity contribution < 1.29 is 17.4 Å². The molecule has 6 nitrogen and oxygen atoms in total. The van der Waals surface area contributed by atoms with Gasteiger partial charge in [0.25, 0.3) is 0 Å². The monoisotopic (exact) mass is 421 g/mol. The van der Waals surface area contributed by atoms with Crippen molar-refractivity contribution in [2.45, 2.75) is 37.3 Å². The topological polar surface area (TPSA) is 84.5 Å². The van der Waals surface area contributed by atoms with Gasteiger partial charge >= 0.3 is 6.18 Å². The van der Waals surface area contributed by atoms with Crippen LogP contribution >= 0.6 is 0 Å². The number of nitriles is 1. The molecule has 0 spiro atoms. The zero-order valence-electron chi connectivity index (χ0n) is 16.2. The lowest BCUT2D eigenvalue weighted by atomic mass is 9.87. The standard InChI is InChI=1S/C19H18F3N5OS/c1-5-29(28)14-7-11(18(2,3)10-23)8-24-15(14)17-26-13-6-12(19(20,21)22)9-25-16(13)27(17)4/h6-9H,5H2,1-4H3/t29-/m1/s1. The van der Waals surface area contributed by atoms with Gasteiger partial charge < -0.3 is 4.57 Å². The Hall–Kier alpha value is -2.80. The van der Waals surface area contributed by atoms with Crippen LogP contribution in [-0.4, -0.2) is 29.5 Å². The number of pyridine rings is 2. The van der Waals surface area contributed by atoms with Gasteiger partial charge in [-0.2, -0.15) is 18.4 Å². The van der Waals surface area contributed by atoms with Crippen LogP contribution in [0.25, 0.3) is 22.7 Å². The highest BCUT2D eigenvalue weighted by Gasteiger charge is 2.32. The molecule has 0 saturated heterocycles. The Bertz CT molecular complexity index is 1160. The lowest BCUT2D eigenvalue weighted by molar-refractivity contribution is -0.137. The lowest BCUT2D eigenvalue weighted by Gasteiger charge is -2.17. The molecule has 3 aromatic heterocycles. The first kappa shape index (κ1) is 20.9. The van der Waals surface area contributed by atoms with Gasteiger partial charge in [0.2, 0.25) is 0 Å². The molecule has 0 radical (unpaired) electrons. The predicted octanol–water partition coefficient (Wildman–Crippen LogP) is 3.98. The van der Waals surface area contributed by atoms with E-state index in [9.17, 15) is 22.6 Å². The summed E-state index contributed by atoms with van der Waals surface area (Å²) >= 11 is 0. The maximum absolute atomic E-state index is 13.0. The maximum Gasteiger partial charge on any atom is 0.417 e. The minimum absolute atomic E-state index is 0.0637. The van der Waals surface area contributed by atoms with Crippen molar-refractivity contribution in [1.29, 1.82) is 5.26 Å². The summed E-state index contributed by atoms with van der Waals surface area (Å²) in [4.78, 5) is 12.9. The first-order valence-electron chi connectivity index (χ1n) is 8.69. The molecule has 0 fully saturated rings. The molecule has 1 atom stereocenters. The summed E-state index contributed by atoms with van der Waals surface area (Å²) in [5, 5.41) is 9.38. The van der Waals surface area contributed by atoms with Crippen molar-refractivity contribution >= 4 is 22.0 Å². The van der Waals surface area contributed by atoms with Crippen LogP contribution in [0.4, 0.5) is 13.2 Å². The second-order valence-electron chi connectivity index (χ2n) is 7.00. The van der Waals surface area contributed by atoms with E-state index in [0.29, 0.717) is 16.2 Å². The fourth-order valence-corrected chi connectivity index (χ4v) is 3.72. The Balaban J connectivity index is 2.24. The highest BCUT2D eigenvalue weighted by atomic mass is 32.2. The van der Waals surface area contributed by atoms with E-state index in [2.05, 4.69) is 21.0 Å². The maximum atomic E-state index is 13.0. The minimum atomic E-state index is -4.53. The van der Waals surface area contributed by atoms with Crippen LogP contribution in [0.3, 0.4) is 0 Å². The molecule has 0 amide bonds. The van der Waals surface area contributed by atoms with Gasteiger partial charge in [0.1, 0.15) is 11.2 Å². The molecule has 152 valence electrons. The van der Waals surface area contributed by atoms with Crippen LogP contribution in [0.2, 0.25) is 0 Å². The van der Waals surface area contributed by atoms with E-state index in [1.165, 1.54) is 10.8 Å². The number of alkyl halides is 3. The first-order chi connectivity index (χ1) is 13.5. The second-order valence-corrected chi connectivity index (χ2v) is 8.71. The molecule has 0 aliphatic rings. The van der Waals surface area contributed by atoms with Crippen molar-refractivity contribution in [1.82, 2.24) is 19.5 Å². The Morgan fingerprint density at radius 2 is 1.83 bits per heavy atom. The number of halogens is 3. The number of nitrogens with zero attached hydrogens (tertiary/aromatic N) is 5. The Morgan fingerprint density at radius 1 is 1.17 bits per heavy atom. The molecule has 0 aromatic carbocycles. The zero-order chi connectivity index (χ0) is 21.6. The molecule has 0 saturated carbocycles. The Morgan fingerprint density at radius 3 is 2.41 bits per heavy atom. The van der Waals surface area contributed by atoms with Crippen LogP contribution in [0.5, 0.6) is 0 Å². The number of fused-ring (bicyclic) bond motifs is 1. The van der Waals surface area contributed by atoms with Crippen molar-refractivity contribution in [3.8, 4) is 17.6 Å². The molecule has 0 aliphatic heterocycles. The number of hydrogen-bond acceptors (Lipinski definition) is 5. The minimum Gasteiger partial charge on any atom is -0.310 e. The summed E-state index contributed by atoms with van der Waals surface area (Å²) in [6.07, 6.45) is -2.27. The van der Waals surface area contributed by atoms with E-state index in [1.807, 2.05) is 0 Å². The summed E-state index contributed by atoms with van der Waals surface area (Å²) in [7, 11) is 0.186. The van der Waals surface area contributed by atoms with Crippen LogP contribution in [0.1, 0.15) is 31.9 Å². The van der Waals surface area contributed by atoms with Crippen LogP contribution in [0.15, 0.2) is 29.4 Å². The third-order valence-electron chi connectivity index (χ3n) is 4.61. The molecule has 0 unspecified atom stereocenters. The summed E-state index contributed by atoms with van der Waals surface area (Å²) in [6, 6.07) is 4.76. The number of aromatic nitrogens is 4. The molecule has 3 rings (SSSR count). The van der Waals surface area contributed by atoms with Gasteiger partial charge in [0.15, 0.2) is 11.5 Å². The molecule has 3 aromatic rings. The molecule has 3 heterocycles. The van der Waals surface area contributed by atoms with Gasteiger partial charge in [0.05, 0.1) is 32.7 Å². The molecule has 0 bridgehead atoms. The average molecular weight is 421 g/mol. The van der Waals surface area contributed by atoms with Gasteiger partial charge in [-0.3, -0.25) is 9.19 Å². The summed E-state index contributed by atoms with van der Waals surface area (Å²) in [5.41, 5.74) is -0.536. The van der Waals surface area contributed by atoms with Crippen LogP contribution in [-0.2, 0) is 29.4 Å². The highest BCUT2D eigenvalue weighted by Crippen LogP contribution is 2.33. The lowest BCUT2D eigenvalue weighted by Crippen LogP contribution is -2.16. The fourth-order valence-electron chi connectivity index (χ4n) is 2.79. The zero-order valence-corrected chi connectivity index (χ0v) is 17.0. The summed E-state index contributed by atoms with van der Waals surface area (Å²) in [6.45, 7) is 5.19. The molecular formula is C19H18F3N5OS. The van der Waals surface area contributed by atoms with E-state index in [0.717, 1.165) is 12.3 Å². The third kappa shape index (κ3) is 3.74. The van der Waals surface area contributed by atoms with Gasteiger partial charge in [-0.1, -0.05) is 6.92 Å². The SMILES string of the molecule is CC[S@@](=O)c1cc(C(C)(C)C#N)cnc1-c1nc2cc(C(F)(F)F)cnc2n1C. The fraction of sp³-hybridized carbons (Fsp3) is 0.368. The highest BCUT2D eigenvalue weighted by molar-refractivity contribution is 7.85. The molecular weight excluding hydrogens is 403 g/mol. The van der Waals surface area contributed by atoms with E-state index >= 15 is 0 Å². The summed E-state index contributed by atoms with van der Waals surface area (Å²) in [5.74, 6) is 0.566. The van der Waals surface area contributed by atoms with E-state index in [4.69, 9.17) is 0 Å². The number of rotatable bonds is 4. The first-order valence-corrected chi connectivity index (χ1v) is 10.0. The van der Waals surface area contributed by atoms with Gasteiger partial charge in [0, 0.05) is 25.2 Å². The smallest absolute Gasteiger partial charge is 0.310 e. The quantitative estimate of drug-likeness (QED) is 0.636. The van der Waals surface area contributed by atoms with E-state index in [-0.39, 0.29) is 22.7 Å². The molecule has 0 N–H and O–H groups in total. The largest absolute Gasteiger partial charge is 0.417 e. The van der Waals surface area contributed by atoms with Crippen molar-refractivity contribution in [2.24, 2.45) is 7.05 Å². The number of aryl methyl sites for hydroxylation is 1. The predicted molar refractivity (Wildman–Crippen MR) is 102 cm³/mol. The Labute approximate surface area is 167 Å². The average Bonchev–Trinajstić information content (AvgIpc) is 3.02. The molecule has 10 heteroatoms. The van der Waals surface area contributed by atoms with Crippen molar-refractivity contribution in [3.05, 3.63) is 35.7 Å². The van der Waals surface area contributed by atoms with Crippen molar-refractivity contribution in [2.75, 3.05) is 5.75 Å². The second kappa shape index (κ2) is 7.22. The van der Waals surface area contributed by atoms with Gasteiger partial charge in [-0.25, -0.2) is 9.97 Å². The molecule has 0 aliphatic carbocycles. The van der Waals surface area contributed by atoms with Gasteiger partial charge in [-0.05, 0) is 31.5 Å².